The summed E-state index contributed by atoms with van der Waals surface area (Å²) in [7, 11) is 0. The molecule has 1 heterocycles. The molecule has 33 heavy (non-hydrogen) atoms. The second-order valence-electron chi connectivity index (χ2n) is 9.71. The molecule has 0 saturated carbocycles. The van der Waals surface area contributed by atoms with Crippen molar-refractivity contribution in [2.75, 3.05) is 6.54 Å². The first-order valence-electron chi connectivity index (χ1n) is 11.7. The number of rotatable bonds is 6. The Morgan fingerprint density at radius 1 is 0.848 bits per heavy atom. The number of hydrogen-bond donors (Lipinski definition) is 0. The summed E-state index contributed by atoms with van der Waals surface area (Å²) >= 11 is 0. The first-order valence-corrected chi connectivity index (χ1v) is 11.7. The fraction of sp³-hybridized carbons (Fsp3) is 0.345. The van der Waals surface area contributed by atoms with Crippen molar-refractivity contribution in [1.82, 2.24) is 4.90 Å². The van der Waals surface area contributed by atoms with Crippen LogP contribution in [0.4, 0.5) is 4.79 Å². The first-order chi connectivity index (χ1) is 15.9. The molecule has 4 heteroatoms. The Hall–Kier alpha value is -3.11. The summed E-state index contributed by atoms with van der Waals surface area (Å²) in [6.45, 7) is 6.81. The average Bonchev–Trinajstić information content (AvgIpc) is 3.21. The van der Waals surface area contributed by atoms with Crippen LogP contribution in [0.25, 0.3) is 11.1 Å². The van der Waals surface area contributed by atoms with E-state index in [1.165, 1.54) is 16.7 Å². The number of likely N-dealkylation sites (tertiary alicyclic amines) is 1. The third-order valence-electron chi connectivity index (χ3n) is 5.86. The van der Waals surface area contributed by atoms with Gasteiger partial charge in [0.2, 0.25) is 0 Å². The zero-order chi connectivity index (χ0) is 23.3. The van der Waals surface area contributed by atoms with Crippen molar-refractivity contribution in [2.45, 2.75) is 58.0 Å². The van der Waals surface area contributed by atoms with Crippen molar-refractivity contribution in [3.05, 3.63) is 96.1 Å². The molecule has 1 fully saturated rings. The molecule has 0 spiro atoms. The van der Waals surface area contributed by atoms with Gasteiger partial charge in [0.25, 0.3) is 0 Å². The molecule has 0 N–H and O–H groups in total. The highest BCUT2D eigenvalue weighted by atomic mass is 16.6. The molecule has 1 aliphatic heterocycles. The second-order valence-corrected chi connectivity index (χ2v) is 9.71. The van der Waals surface area contributed by atoms with E-state index in [0.717, 1.165) is 18.4 Å². The monoisotopic (exact) mass is 443 g/mol. The zero-order valence-electron chi connectivity index (χ0n) is 19.7. The smallest absolute Gasteiger partial charge is 0.410 e. The molecule has 2 atom stereocenters. The normalized spacial score (nSPS) is 18.3. The van der Waals surface area contributed by atoms with Crippen LogP contribution in [0.5, 0.6) is 0 Å². The van der Waals surface area contributed by atoms with Crippen molar-refractivity contribution in [1.29, 1.82) is 0 Å². The van der Waals surface area contributed by atoms with Gasteiger partial charge in [0, 0.05) is 6.04 Å². The summed E-state index contributed by atoms with van der Waals surface area (Å²) in [5.74, 6) is 0. The van der Waals surface area contributed by atoms with Crippen LogP contribution in [0.1, 0.15) is 38.3 Å². The number of carbonyl (C=O) groups excluding carboxylic acids is 1. The van der Waals surface area contributed by atoms with Crippen LogP contribution >= 0.6 is 0 Å². The molecule has 0 radical (unpaired) electrons. The molecule has 0 aromatic heterocycles. The van der Waals surface area contributed by atoms with Gasteiger partial charge in [-0.05, 0) is 55.9 Å². The number of amides is 1. The van der Waals surface area contributed by atoms with Crippen LogP contribution < -0.4 is 0 Å². The minimum Gasteiger partial charge on any atom is -0.444 e. The van der Waals surface area contributed by atoms with Crippen molar-refractivity contribution in [2.24, 2.45) is 0 Å². The van der Waals surface area contributed by atoms with Gasteiger partial charge in [-0.2, -0.15) is 0 Å². The van der Waals surface area contributed by atoms with Gasteiger partial charge in [-0.3, -0.25) is 0 Å². The van der Waals surface area contributed by atoms with Crippen LogP contribution in [0, 0.1) is 0 Å². The van der Waals surface area contributed by atoms with Crippen LogP contribution in [0.3, 0.4) is 0 Å². The minimum absolute atomic E-state index is 0.00804. The van der Waals surface area contributed by atoms with Gasteiger partial charge < -0.3 is 14.4 Å². The Bertz CT molecular complexity index is 1030. The summed E-state index contributed by atoms with van der Waals surface area (Å²) < 4.78 is 11.9. The van der Waals surface area contributed by atoms with E-state index in [1.54, 1.807) is 0 Å². The fourth-order valence-electron chi connectivity index (χ4n) is 4.26. The molecular weight excluding hydrogens is 410 g/mol. The Morgan fingerprint density at radius 2 is 1.45 bits per heavy atom. The van der Waals surface area contributed by atoms with Gasteiger partial charge in [0.05, 0.1) is 19.3 Å². The Labute approximate surface area is 197 Å². The zero-order valence-corrected chi connectivity index (χ0v) is 19.7. The summed E-state index contributed by atoms with van der Waals surface area (Å²) in [5, 5.41) is 0. The molecule has 3 aromatic rings. The number of nitrogens with zero attached hydrogens (tertiary/aromatic N) is 1. The van der Waals surface area contributed by atoms with Crippen LogP contribution in [0.15, 0.2) is 84.9 Å². The molecule has 4 nitrogen and oxygen atoms in total. The molecule has 1 aliphatic rings. The van der Waals surface area contributed by atoms with E-state index in [4.69, 9.17) is 9.47 Å². The predicted molar refractivity (Wildman–Crippen MR) is 132 cm³/mol. The van der Waals surface area contributed by atoms with Gasteiger partial charge in [0.1, 0.15) is 5.60 Å². The van der Waals surface area contributed by atoms with E-state index in [0.29, 0.717) is 13.2 Å². The maximum absolute atomic E-state index is 13.0. The molecule has 0 bridgehead atoms. The molecule has 1 saturated heterocycles. The summed E-state index contributed by atoms with van der Waals surface area (Å²) in [6.07, 6.45) is 1.30. The average molecular weight is 444 g/mol. The summed E-state index contributed by atoms with van der Waals surface area (Å²) in [6, 6.07) is 29.2. The van der Waals surface area contributed by atoms with E-state index < -0.39 is 5.60 Å². The van der Waals surface area contributed by atoms with E-state index in [2.05, 4.69) is 60.7 Å². The lowest BCUT2D eigenvalue weighted by atomic mass is 9.99. The SMILES string of the molecule is CC(C)(C)OC(=O)N1C[C@@H](OCc2ccccc2)C[C@H]1Cc1ccc(-c2ccccc2)cc1. The molecule has 1 amide bonds. The summed E-state index contributed by atoms with van der Waals surface area (Å²) in [5.41, 5.74) is 4.22. The van der Waals surface area contributed by atoms with Gasteiger partial charge in [-0.15, -0.1) is 0 Å². The lowest BCUT2D eigenvalue weighted by molar-refractivity contribution is 0.0150. The molecule has 4 rings (SSSR count). The van der Waals surface area contributed by atoms with Crippen molar-refractivity contribution in [3.8, 4) is 11.1 Å². The van der Waals surface area contributed by atoms with E-state index in [1.807, 2.05) is 49.9 Å². The number of carbonyl (C=O) groups is 1. The Kier molecular flexibility index (Phi) is 7.14. The maximum Gasteiger partial charge on any atom is 0.410 e. The number of hydrogen-bond acceptors (Lipinski definition) is 3. The van der Waals surface area contributed by atoms with Crippen molar-refractivity contribution >= 4 is 6.09 Å². The lowest BCUT2D eigenvalue weighted by Crippen LogP contribution is -2.41. The predicted octanol–water partition coefficient (Wildman–Crippen LogP) is 6.49. The Morgan fingerprint density at radius 3 is 2.09 bits per heavy atom. The van der Waals surface area contributed by atoms with Gasteiger partial charge in [0.15, 0.2) is 0 Å². The third-order valence-corrected chi connectivity index (χ3v) is 5.86. The lowest BCUT2D eigenvalue weighted by Gasteiger charge is -2.28. The van der Waals surface area contributed by atoms with Gasteiger partial charge in [-0.1, -0.05) is 84.9 Å². The standard InChI is InChI=1S/C29H33NO3/c1-29(2,3)33-28(31)30-20-27(32-21-23-10-6-4-7-11-23)19-26(30)18-22-14-16-25(17-15-22)24-12-8-5-9-13-24/h4-17,26-27H,18-21H2,1-3H3/t26-,27+/m1/s1. The highest BCUT2D eigenvalue weighted by molar-refractivity contribution is 5.69. The van der Waals surface area contributed by atoms with Crippen LogP contribution in [0.2, 0.25) is 0 Å². The number of benzene rings is 3. The van der Waals surface area contributed by atoms with Crippen molar-refractivity contribution < 1.29 is 14.3 Å². The van der Waals surface area contributed by atoms with Crippen LogP contribution in [-0.4, -0.2) is 35.3 Å². The fourth-order valence-corrected chi connectivity index (χ4v) is 4.26. The number of ether oxygens (including phenoxy) is 2. The molecule has 172 valence electrons. The van der Waals surface area contributed by atoms with Gasteiger partial charge in [-0.25, -0.2) is 4.79 Å². The maximum atomic E-state index is 13.0. The quantitative estimate of drug-likeness (QED) is 0.437. The largest absolute Gasteiger partial charge is 0.444 e. The second kappa shape index (κ2) is 10.2. The van der Waals surface area contributed by atoms with E-state index in [9.17, 15) is 4.79 Å². The Balaban J connectivity index is 1.45. The summed E-state index contributed by atoms with van der Waals surface area (Å²) in [4.78, 5) is 14.8. The highest BCUT2D eigenvalue weighted by Crippen LogP contribution is 2.28. The molecular formula is C29H33NO3. The van der Waals surface area contributed by atoms with Crippen LogP contribution in [-0.2, 0) is 22.5 Å². The third kappa shape index (κ3) is 6.45. The topological polar surface area (TPSA) is 38.8 Å². The molecule has 3 aromatic carbocycles. The molecule has 0 unspecified atom stereocenters. The van der Waals surface area contributed by atoms with Gasteiger partial charge >= 0.3 is 6.09 Å². The van der Waals surface area contributed by atoms with E-state index in [-0.39, 0.29) is 18.2 Å². The minimum atomic E-state index is -0.526. The highest BCUT2D eigenvalue weighted by Gasteiger charge is 2.38. The van der Waals surface area contributed by atoms with E-state index >= 15 is 0 Å². The van der Waals surface area contributed by atoms with Crippen molar-refractivity contribution in [3.63, 3.8) is 0 Å². The molecule has 0 aliphatic carbocycles. The first kappa shape index (κ1) is 23.1.